The van der Waals surface area contributed by atoms with E-state index in [1.165, 1.54) is 6.07 Å². The van der Waals surface area contributed by atoms with Gasteiger partial charge in [0.2, 0.25) is 0 Å². The minimum absolute atomic E-state index is 0.138. The number of benzene rings is 1. The second-order valence-corrected chi connectivity index (χ2v) is 8.16. The van der Waals surface area contributed by atoms with Crippen molar-refractivity contribution in [2.75, 3.05) is 40.0 Å². The van der Waals surface area contributed by atoms with Crippen LogP contribution in [0.4, 0.5) is 4.39 Å². The van der Waals surface area contributed by atoms with Crippen LogP contribution in [0.2, 0.25) is 0 Å². The topological polar surface area (TPSA) is 39.7 Å². The van der Waals surface area contributed by atoms with Gasteiger partial charge in [0.15, 0.2) is 5.96 Å². The second-order valence-electron chi connectivity index (χ2n) is 7.30. The van der Waals surface area contributed by atoms with E-state index in [1.807, 2.05) is 12.3 Å². The van der Waals surface area contributed by atoms with Crippen LogP contribution in [-0.4, -0.2) is 50.8 Å². The molecular weight excluding hydrogens is 335 g/mol. The number of nitrogens with zero attached hydrogens (tertiary/aromatic N) is 2. The maximum atomic E-state index is 13.5. The first-order valence-electron chi connectivity index (χ1n) is 8.70. The fraction of sp³-hybridized carbons (Fsp3) is 0.632. The number of halogens is 1. The Hall–Kier alpha value is -1.27. The average molecular weight is 369 g/mol. The molecule has 1 rings (SSSR count). The van der Waals surface area contributed by atoms with Crippen molar-refractivity contribution in [3.63, 3.8) is 0 Å². The molecule has 6 heteroatoms. The van der Waals surface area contributed by atoms with E-state index in [1.54, 1.807) is 17.8 Å². The monoisotopic (exact) mass is 368 g/mol. The lowest BCUT2D eigenvalue weighted by molar-refractivity contribution is 0.241. The first kappa shape index (κ1) is 21.8. The molecule has 0 unspecified atom stereocenters. The van der Waals surface area contributed by atoms with E-state index in [0.717, 1.165) is 42.5 Å². The van der Waals surface area contributed by atoms with E-state index < -0.39 is 0 Å². The number of aliphatic imine (C=N–C) groups is 1. The average Bonchev–Trinajstić information content (AvgIpc) is 2.50. The van der Waals surface area contributed by atoms with Crippen LogP contribution in [0.3, 0.4) is 0 Å². The van der Waals surface area contributed by atoms with Crippen molar-refractivity contribution in [2.45, 2.75) is 33.1 Å². The van der Waals surface area contributed by atoms with Gasteiger partial charge in [-0.1, -0.05) is 19.9 Å². The Balaban J connectivity index is 2.79. The van der Waals surface area contributed by atoms with Crippen LogP contribution in [-0.2, 0) is 12.3 Å². The molecule has 0 fully saturated rings. The summed E-state index contributed by atoms with van der Waals surface area (Å²) in [5, 5.41) is 6.72. The van der Waals surface area contributed by atoms with E-state index in [4.69, 9.17) is 0 Å². The molecule has 0 aliphatic heterocycles. The minimum Gasteiger partial charge on any atom is -0.357 e. The molecule has 0 spiro atoms. The maximum Gasteiger partial charge on any atom is 0.191 e. The Morgan fingerprint density at radius 1 is 1.24 bits per heavy atom. The van der Waals surface area contributed by atoms with Crippen molar-refractivity contribution in [1.82, 2.24) is 15.5 Å². The number of hydrogen-bond donors (Lipinski definition) is 2. The fourth-order valence-corrected chi connectivity index (χ4v) is 3.36. The van der Waals surface area contributed by atoms with Crippen LogP contribution in [0.25, 0.3) is 0 Å². The van der Waals surface area contributed by atoms with E-state index >= 15 is 0 Å². The first-order valence-corrected chi connectivity index (χ1v) is 10.1. The largest absolute Gasteiger partial charge is 0.357 e. The third-order valence-electron chi connectivity index (χ3n) is 3.70. The van der Waals surface area contributed by atoms with Gasteiger partial charge in [0.1, 0.15) is 5.82 Å². The van der Waals surface area contributed by atoms with E-state index in [9.17, 15) is 4.39 Å². The smallest absolute Gasteiger partial charge is 0.191 e. The Morgan fingerprint density at radius 3 is 2.56 bits per heavy atom. The summed E-state index contributed by atoms with van der Waals surface area (Å²) in [5.74, 6) is 1.41. The van der Waals surface area contributed by atoms with Gasteiger partial charge in [-0.3, -0.25) is 0 Å². The van der Waals surface area contributed by atoms with Gasteiger partial charge in [0.25, 0.3) is 0 Å². The Labute approximate surface area is 156 Å². The first-order chi connectivity index (χ1) is 11.8. The van der Waals surface area contributed by atoms with E-state index in [0.29, 0.717) is 6.54 Å². The maximum absolute atomic E-state index is 13.5. The summed E-state index contributed by atoms with van der Waals surface area (Å²) in [4.78, 5) is 6.88. The summed E-state index contributed by atoms with van der Waals surface area (Å²) in [6.07, 6.45) is 2.02. The zero-order valence-corrected chi connectivity index (χ0v) is 17.3. The highest BCUT2D eigenvalue weighted by molar-refractivity contribution is 7.97. The fourth-order valence-electron chi connectivity index (χ4n) is 2.78. The van der Waals surface area contributed by atoms with Crippen molar-refractivity contribution in [3.05, 3.63) is 35.1 Å². The lowest BCUT2D eigenvalue weighted by Crippen LogP contribution is -2.44. The standard InChI is InChI=1S/C19H33FN4S/c1-7-21-18(23-13-19(2,3)14-24(4)5)22-11-15-8-9-17(20)10-16(15)12-25-6/h8-10H,7,11-14H2,1-6H3,(H2,21,22,23). The third kappa shape index (κ3) is 8.59. The van der Waals surface area contributed by atoms with Crippen LogP contribution in [0, 0.1) is 11.2 Å². The van der Waals surface area contributed by atoms with Crippen molar-refractivity contribution in [1.29, 1.82) is 0 Å². The van der Waals surface area contributed by atoms with Crippen molar-refractivity contribution >= 4 is 17.7 Å². The molecule has 1 aromatic carbocycles. The number of rotatable bonds is 9. The quantitative estimate of drug-likeness (QED) is 0.518. The summed E-state index contributed by atoms with van der Waals surface area (Å²) >= 11 is 1.69. The molecule has 0 radical (unpaired) electrons. The van der Waals surface area contributed by atoms with Gasteiger partial charge in [-0.05, 0) is 55.9 Å². The van der Waals surface area contributed by atoms with Gasteiger partial charge < -0.3 is 15.5 Å². The highest BCUT2D eigenvalue weighted by Crippen LogP contribution is 2.18. The van der Waals surface area contributed by atoms with Crippen LogP contribution in [0.15, 0.2) is 23.2 Å². The summed E-state index contributed by atoms with van der Waals surface area (Å²) in [6, 6.07) is 4.96. The molecule has 0 aromatic heterocycles. The van der Waals surface area contributed by atoms with Crippen molar-refractivity contribution in [2.24, 2.45) is 10.4 Å². The van der Waals surface area contributed by atoms with Gasteiger partial charge in [-0.25, -0.2) is 9.38 Å². The number of hydrogen-bond acceptors (Lipinski definition) is 3. The van der Waals surface area contributed by atoms with Gasteiger partial charge in [-0.15, -0.1) is 0 Å². The SMILES string of the molecule is CCNC(=NCc1ccc(F)cc1CSC)NCC(C)(C)CN(C)C. The van der Waals surface area contributed by atoms with Gasteiger partial charge in [0.05, 0.1) is 6.54 Å². The van der Waals surface area contributed by atoms with Gasteiger partial charge >= 0.3 is 0 Å². The lowest BCUT2D eigenvalue weighted by atomic mass is 9.93. The zero-order valence-electron chi connectivity index (χ0n) is 16.4. The summed E-state index contributed by atoms with van der Waals surface area (Å²) in [6.45, 7) is 9.70. The normalized spacial score (nSPS) is 12.6. The lowest BCUT2D eigenvalue weighted by Gasteiger charge is -2.29. The van der Waals surface area contributed by atoms with Crippen molar-refractivity contribution in [3.8, 4) is 0 Å². The molecule has 0 bridgehead atoms. The molecule has 0 saturated carbocycles. The number of thioether (sulfide) groups is 1. The molecule has 0 aliphatic carbocycles. The molecule has 0 amide bonds. The van der Waals surface area contributed by atoms with E-state index in [-0.39, 0.29) is 11.2 Å². The Morgan fingerprint density at radius 2 is 1.96 bits per heavy atom. The minimum atomic E-state index is -0.188. The molecule has 0 heterocycles. The van der Waals surface area contributed by atoms with Crippen molar-refractivity contribution < 1.29 is 4.39 Å². The molecule has 0 aliphatic rings. The Bertz CT molecular complexity index is 558. The highest BCUT2D eigenvalue weighted by Gasteiger charge is 2.19. The summed E-state index contributed by atoms with van der Waals surface area (Å²) in [7, 11) is 4.17. The van der Waals surface area contributed by atoms with Gasteiger partial charge in [-0.2, -0.15) is 11.8 Å². The molecule has 0 saturated heterocycles. The van der Waals surface area contributed by atoms with E-state index in [2.05, 4.69) is 55.4 Å². The van der Waals surface area contributed by atoms with Crippen LogP contribution in [0.5, 0.6) is 0 Å². The molecule has 2 N–H and O–H groups in total. The number of guanidine groups is 1. The third-order valence-corrected chi connectivity index (χ3v) is 4.30. The highest BCUT2D eigenvalue weighted by atomic mass is 32.2. The molecule has 25 heavy (non-hydrogen) atoms. The molecule has 0 atom stereocenters. The predicted octanol–water partition coefficient (Wildman–Crippen LogP) is 3.33. The molecule has 142 valence electrons. The summed E-state index contributed by atoms with van der Waals surface area (Å²) in [5.41, 5.74) is 2.22. The van der Waals surface area contributed by atoms with Crippen LogP contribution in [0.1, 0.15) is 31.9 Å². The molecular formula is C19H33FN4S. The predicted molar refractivity (Wildman–Crippen MR) is 109 cm³/mol. The molecule has 4 nitrogen and oxygen atoms in total. The van der Waals surface area contributed by atoms with Gasteiger partial charge in [0, 0.05) is 25.4 Å². The number of nitrogens with one attached hydrogen (secondary N) is 2. The summed E-state index contributed by atoms with van der Waals surface area (Å²) < 4.78 is 13.5. The van der Waals surface area contributed by atoms with Crippen LogP contribution >= 0.6 is 11.8 Å². The second kappa shape index (κ2) is 10.7. The van der Waals surface area contributed by atoms with Crippen LogP contribution < -0.4 is 10.6 Å². The Kier molecular flexibility index (Phi) is 9.28. The zero-order chi connectivity index (χ0) is 18.9. The molecule has 1 aromatic rings.